The van der Waals surface area contributed by atoms with Gasteiger partial charge in [0, 0.05) is 10.9 Å². The molecule has 2 heterocycles. The molecule has 29 heavy (non-hydrogen) atoms. The molecule has 0 radical (unpaired) electrons. The van der Waals surface area contributed by atoms with Crippen LogP contribution in [0.15, 0.2) is 41.5 Å². The molecule has 2 aromatic heterocycles. The van der Waals surface area contributed by atoms with E-state index in [0.717, 1.165) is 47.9 Å². The Labute approximate surface area is 174 Å². The predicted molar refractivity (Wildman–Crippen MR) is 117 cm³/mol. The molecule has 1 N–H and O–H groups in total. The third-order valence-electron chi connectivity index (χ3n) is 5.71. The van der Waals surface area contributed by atoms with E-state index in [1.54, 1.807) is 11.3 Å². The number of amides is 1. The Balaban J connectivity index is 1.43. The van der Waals surface area contributed by atoms with E-state index in [9.17, 15) is 9.59 Å². The molecule has 0 saturated carbocycles. The van der Waals surface area contributed by atoms with Gasteiger partial charge in [-0.1, -0.05) is 37.3 Å². The molecule has 0 spiro atoms. The minimum atomic E-state index is -0.147. The van der Waals surface area contributed by atoms with Crippen LogP contribution in [-0.4, -0.2) is 21.5 Å². The molecule has 0 saturated heterocycles. The number of carbonyl (C=O) groups excluding carboxylic acids is 1. The summed E-state index contributed by atoms with van der Waals surface area (Å²) in [5, 5.41) is 3.74. The molecule has 152 valence electrons. The van der Waals surface area contributed by atoms with E-state index < -0.39 is 0 Å². The Morgan fingerprint density at radius 3 is 2.93 bits per heavy atom. The van der Waals surface area contributed by atoms with Crippen molar-refractivity contribution in [3.63, 3.8) is 0 Å². The maximum absolute atomic E-state index is 13.0. The van der Waals surface area contributed by atoms with E-state index in [1.807, 2.05) is 25.1 Å². The number of rotatable bonds is 6. The lowest BCUT2D eigenvalue weighted by Gasteiger charge is -2.17. The van der Waals surface area contributed by atoms with E-state index in [-0.39, 0.29) is 24.1 Å². The number of aromatic nitrogens is 2. The molecule has 0 unspecified atom stereocenters. The van der Waals surface area contributed by atoms with Crippen molar-refractivity contribution < 1.29 is 4.79 Å². The van der Waals surface area contributed by atoms with Gasteiger partial charge in [0.1, 0.15) is 11.4 Å². The molecule has 6 heteroatoms. The summed E-state index contributed by atoms with van der Waals surface area (Å²) in [5.74, 6) is 0.507. The van der Waals surface area contributed by atoms with Crippen molar-refractivity contribution in [2.45, 2.75) is 58.5 Å². The van der Waals surface area contributed by atoms with Gasteiger partial charge in [-0.25, -0.2) is 4.98 Å². The van der Waals surface area contributed by atoms with Gasteiger partial charge in [0.25, 0.3) is 5.56 Å². The monoisotopic (exact) mass is 409 g/mol. The molecule has 1 aliphatic rings. The van der Waals surface area contributed by atoms with Crippen molar-refractivity contribution >= 4 is 27.5 Å². The van der Waals surface area contributed by atoms with Crippen LogP contribution in [0.25, 0.3) is 10.2 Å². The number of fused-ring (bicyclic) bond motifs is 3. The average Bonchev–Trinajstić information content (AvgIpc) is 3.07. The molecular weight excluding hydrogens is 382 g/mol. The van der Waals surface area contributed by atoms with Gasteiger partial charge in [0.15, 0.2) is 0 Å². The smallest absolute Gasteiger partial charge is 0.262 e. The highest BCUT2D eigenvalue weighted by atomic mass is 32.1. The molecule has 1 aromatic carbocycles. The van der Waals surface area contributed by atoms with Crippen LogP contribution in [0.3, 0.4) is 0 Å². The summed E-state index contributed by atoms with van der Waals surface area (Å²) < 4.78 is 1.45. The number of thiophene rings is 1. The van der Waals surface area contributed by atoms with E-state index in [4.69, 9.17) is 0 Å². The van der Waals surface area contributed by atoms with E-state index in [0.29, 0.717) is 5.92 Å². The van der Waals surface area contributed by atoms with Gasteiger partial charge in [-0.05, 0) is 56.1 Å². The summed E-state index contributed by atoms with van der Waals surface area (Å²) in [6.45, 7) is 4.27. The number of benzene rings is 1. The van der Waals surface area contributed by atoms with E-state index in [1.165, 1.54) is 21.3 Å². The summed E-state index contributed by atoms with van der Waals surface area (Å²) in [4.78, 5) is 32.1. The first kappa shape index (κ1) is 19.8. The minimum absolute atomic E-state index is 0.0124. The third-order valence-corrected chi connectivity index (χ3v) is 6.87. The molecule has 4 rings (SSSR count). The van der Waals surface area contributed by atoms with E-state index >= 15 is 0 Å². The molecule has 1 aliphatic carbocycles. The minimum Gasteiger partial charge on any atom is -0.352 e. The van der Waals surface area contributed by atoms with Gasteiger partial charge in [0.05, 0.1) is 11.7 Å². The SMILES string of the molecule is C[C@@H]1CCc2c(sc3ncn(CC(=O)N[C@@H](C)CCc4ccccc4)c(=O)c23)C1. The fraction of sp³-hybridized carbons (Fsp3) is 0.435. The lowest BCUT2D eigenvalue weighted by Crippen LogP contribution is -2.37. The molecule has 0 fully saturated rings. The van der Waals surface area contributed by atoms with Gasteiger partial charge < -0.3 is 5.32 Å². The highest BCUT2D eigenvalue weighted by Crippen LogP contribution is 2.35. The largest absolute Gasteiger partial charge is 0.352 e. The zero-order valence-corrected chi connectivity index (χ0v) is 17.8. The van der Waals surface area contributed by atoms with Crippen molar-refractivity contribution in [1.82, 2.24) is 14.9 Å². The Bertz CT molecular complexity index is 1070. The summed E-state index contributed by atoms with van der Waals surface area (Å²) in [6.07, 6.45) is 6.35. The third kappa shape index (κ3) is 4.42. The Morgan fingerprint density at radius 1 is 1.34 bits per heavy atom. The van der Waals surface area contributed by atoms with Crippen LogP contribution in [0.2, 0.25) is 0 Å². The van der Waals surface area contributed by atoms with Crippen LogP contribution in [-0.2, 0) is 30.6 Å². The molecule has 3 aromatic rings. The van der Waals surface area contributed by atoms with Crippen molar-refractivity contribution in [2.24, 2.45) is 5.92 Å². The highest BCUT2D eigenvalue weighted by Gasteiger charge is 2.23. The first-order chi connectivity index (χ1) is 14.0. The molecule has 0 bridgehead atoms. The van der Waals surface area contributed by atoms with Gasteiger partial charge in [-0.2, -0.15) is 0 Å². The van der Waals surface area contributed by atoms with Crippen molar-refractivity contribution in [1.29, 1.82) is 0 Å². The Kier molecular flexibility index (Phi) is 5.81. The molecular formula is C23H27N3O2S. The first-order valence-electron chi connectivity index (χ1n) is 10.3. The lowest BCUT2D eigenvalue weighted by atomic mass is 9.89. The second-order valence-electron chi connectivity index (χ2n) is 8.20. The van der Waals surface area contributed by atoms with Crippen LogP contribution in [0.5, 0.6) is 0 Å². The molecule has 5 nitrogen and oxygen atoms in total. The summed E-state index contributed by atoms with van der Waals surface area (Å²) >= 11 is 1.64. The lowest BCUT2D eigenvalue weighted by molar-refractivity contribution is -0.122. The fourth-order valence-corrected chi connectivity index (χ4v) is 5.39. The summed E-state index contributed by atoms with van der Waals surface area (Å²) in [5.41, 5.74) is 2.33. The van der Waals surface area contributed by atoms with Crippen molar-refractivity contribution in [2.75, 3.05) is 0 Å². The predicted octanol–water partition coefficient (Wildman–Crippen LogP) is 3.72. The van der Waals surface area contributed by atoms with Crippen molar-refractivity contribution in [3.05, 3.63) is 63.0 Å². The Morgan fingerprint density at radius 2 is 2.14 bits per heavy atom. The zero-order chi connectivity index (χ0) is 20.4. The second kappa shape index (κ2) is 8.49. The van der Waals surface area contributed by atoms with Crippen LogP contribution in [0, 0.1) is 5.92 Å². The van der Waals surface area contributed by atoms with Crippen LogP contribution < -0.4 is 10.9 Å². The quantitative estimate of drug-likeness (QED) is 0.675. The second-order valence-corrected chi connectivity index (χ2v) is 9.29. The molecule has 1 amide bonds. The van der Waals surface area contributed by atoms with Crippen molar-refractivity contribution in [3.8, 4) is 0 Å². The van der Waals surface area contributed by atoms with Gasteiger partial charge in [0.2, 0.25) is 5.91 Å². The number of hydrogen-bond acceptors (Lipinski definition) is 4. The fourth-order valence-electron chi connectivity index (χ4n) is 4.05. The maximum Gasteiger partial charge on any atom is 0.262 e. The number of nitrogens with zero attached hydrogens (tertiary/aromatic N) is 2. The van der Waals surface area contributed by atoms with Gasteiger partial charge >= 0.3 is 0 Å². The topological polar surface area (TPSA) is 64.0 Å². The number of aryl methyl sites for hydroxylation is 2. The van der Waals surface area contributed by atoms with Crippen LogP contribution in [0.1, 0.15) is 42.7 Å². The van der Waals surface area contributed by atoms with Crippen LogP contribution in [0.4, 0.5) is 0 Å². The zero-order valence-electron chi connectivity index (χ0n) is 17.0. The standard InChI is InChI=1S/C23H27N3O2S/c1-15-8-11-18-19(12-15)29-22-21(18)23(28)26(14-24-22)13-20(27)25-16(2)9-10-17-6-4-3-5-7-17/h3-7,14-16H,8-13H2,1-2H3,(H,25,27)/t15-,16+/m1/s1. The van der Waals surface area contributed by atoms with Gasteiger partial charge in [-0.15, -0.1) is 11.3 Å². The van der Waals surface area contributed by atoms with E-state index in [2.05, 4.69) is 29.4 Å². The number of carbonyl (C=O) groups is 1. The summed E-state index contributed by atoms with van der Waals surface area (Å²) in [7, 11) is 0. The Hall–Kier alpha value is -2.47. The average molecular weight is 410 g/mol. The number of nitrogens with one attached hydrogen (secondary N) is 1. The van der Waals surface area contributed by atoms with Crippen LogP contribution >= 0.6 is 11.3 Å². The van der Waals surface area contributed by atoms with Gasteiger partial charge in [-0.3, -0.25) is 14.2 Å². The first-order valence-corrected chi connectivity index (χ1v) is 11.2. The molecule has 0 aliphatic heterocycles. The summed E-state index contributed by atoms with van der Waals surface area (Å²) in [6, 6.07) is 10.3. The normalized spacial score (nSPS) is 17.1. The highest BCUT2D eigenvalue weighted by molar-refractivity contribution is 7.18. The number of hydrogen-bond donors (Lipinski definition) is 1. The molecule has 2 atom stereocenters. The maximum atomic E-state index is 13.0.